The lowest BCUT2D eigenvalue weighted by Gasteiger charge is -2.38. The van der Waals surface area contributed by atoms with E-state index >= 15 is 0 Å². The van der Waals surface area contributed by atoms with Crippen molar-refractivity contribution in [3.05, 3.63) is 0 Å². The molecule has 0 radical (unpaired) electrons. The number of likely N-dealkylation sites (tertiary alicyclic amines) is 1. The van der Waals surface area contributed by atoms with E-state index in [0.29, 0.717) is 18.1 Å². The summed E-state index contributed by atoms with van der Waals surface area (Å²) >= 11 is 0. The van der Waals surface area contributed by atoms with Crippen LogP contribution in [-0.2, 0) is 9.47 Å². The molecule has 1 unspecified atom stereocenters. The van der Waals surface area contributed by atoms with Crippen LogP contribution in [0, 0.1) is 5.41 Å². The molecule has 0 bridgehead atoms. The number of hydrogen-bond donors (Lipinski definition) is 1. The highest BCUT2D eigenvalue weighted by Gasteiger charge is 2.43. The quantitative estimate of drug-likeness (QED) is 0.463. The van der Waals surface area contributed by atoms with Crippen molar-refractivity contribution in [3.63, 3.8) is 0 Å². The molecule has 0 aromatic heterocycles. The third kappa shape index (κ3) is 3.93. The van der Waals surface area contributed by atoms with Crippen molar-refractivity contribution in [1.29, 1.82) is 0 Å². The fourth-order valence-corrected chi connectivity index (χ4v) is 3.83. The second-order valence-electron chi connectivity index (χ2n) is 6.97. The number of aliphatic imine (C=N–C) groups is 1. The van der Waals surface area contributed by atoms with Gasteiger partial charge in [0.2, 0.25) is 0 Å². The second-order valence-corrected chi connectivity index (χ2v) is 6.97. The van der Waals surface area contributed by atoms with E-state index in [1.165, 1.54) is 38.6 Å². The molecule has 3 fully saturated rings. The zero-order valence-electron chi connectivity index (χ0n) is 14.0. The molecule has 2 heterocycles. The standard InChI is InChI=1S/C17H31N3O2/c1-2-18-16(20-10-8-17(14-20)6-4-7-17)19-9-12-21-13-15-5-3-11-22-15/h15H,2-14H2,1H3,(H,18,19). The molecule has 2 aliphatic heterocycles. The third-order valence-corrected chi connectivity index (χ3v) is 5.31. The van der Waals surface area contributed by atoms with E-state index in [4.69, 9.17) is 14.5 Å². The summed E-state index contributed by atoms with van der Waals surface area (Å²) in [7, 11) is 0. The molecule has 1 N–H and O–H groups in total. The average Bonchev–Trinajstić information content (AvgIpc) is 3.14. The van der Waals surface area contributed by atoms with Crippen molar-refractivity contribution in [2.45, 2.75) is 51.6 Å². The third-order valence-electron chi connectivity index (χ3n) is 5.31. The van der Waals surface area contributed by atoms with E-state index in [1.807, 2.05) is 0 Å². The lowest BCUT2D eigenvalue weighted by Crippen LogP contribution is -2.42. The molecule has 5 nitrogen and oxygen atoms in total. The molecule has 1 aliphatic carbocycles. The molecule has 0 amide bonds. The lowest BCUT2D eigenvalue weighted by atomic mass is 9.68. The van der Waals surface area contributed by atoms with Gasteiger partial charge in [-0.3, -0.25) is 4.99 Å². The predicted molar refractivity (Wildman–Crippen MR) is 88.2 cm³/mol. The van der Waals surface area contributed by atoms with Gasteiger partial charge >= 0.3 is 0 Å². The maximum absolute atomic E-state index is 5.70. The van der Waals surface area contributed by atoms with E-state index in [0.717, 1.165) is 45.2 Å². The van der Waals surface area contributed by atoms with Crippen molar-refractivity contribution in [3.8, 4) is 0 Å². The minimum atomic E-state index is 0.314. The summed E-state index contributed by atoms with van der Waals surface area (Å²) in [6.45, 7) is 8.45. The van der Waals surface area contributed by atoms with Crippen LogP contribution in [0.2, 0.25) is 0 Å². The van der Waals surface area contributed by atoms with Gasteiger partial charge in [-0.25, -0.2) is 0 Å². The highest BCUT2D eigenvalue weighted by Crippen LogP contribution is 2.47. The number of rotatable bonds is 6. The SMILES string of the molecule is CCNC(=NCCOCC1CCCO1)N1CCC2(CCC2)C1. The van der Waals surface area contributed by atoms with Crippen LogP contribution < -0.4 is 5.32 Å². The summed E-state index contributed by atoms with van der Waals surface area (Å²) in [6, 6.07) is 0. The maximum atomic E-state index is 5.70. The fraction of sp³-hybridized carbons (Fsp3) is 0.941. The number of hydrogen-bond acceptors (Lipinski definition) is 3. The molecule has 5 heteroatoms. The van der Waals surface area contributed by atoms with Gasteiger partial charge in [-0.05, 0) is 44.4 Å². The summed E-state index contributed by atoms with van der Waals surface area (Å²) in [6.07, 6.45) is 8.20. The second kappa shape index (κ2) is 7.64. The van der Waals surface area contributed by atoms with Crippen LogP contribution in [0.5, 0.6) is 0 Å². The monoisotopic (exact) mass is 309 g/mol. The number of guanidine groups is 1. The van der Waals surface area contributed by atoms with E-state index in [2.05, 4.69) is 17.1 Å². The first-order valence-electron chi connectivity index (χ1n) is 9.04. The Bertz CT molecular complexity index is 376. The topological polar surface area (TPSA) is 46.1 Å². The van der Waals surface area contributed by atoms with Gasteiger partial charge in [0, 0.05) is 26.2 Å². The van der Waals surface area contributed by atoms with Crippen molar-refractivity contribution in [1.82, 2.24) is 10.2 Å². The highest BCUT2D eigenvalue weighted by molar-refractivity contribution is 5.80. The highest BCUT2D eigenvalue weighted by atomic mass is 16.5. The Kier molecular flexibility index (Phi) is 5.58. The first kappa shape index (κ1) is 16.1. The summed E-state index contributed by atoms with van der Waals surface area (Å²) in [4.78, 5) is 7.20. The van der Waals surface area contributed by atoms with Gasteiger partial charge in [-0.1, -0.05) is 6.42 Å². The Morgan fingerprint density at radius 3 is 2.91 bits per heavy atom. The summed E-state index contributed by atoms with van der Waals surface area (Å²) in [5, 5.41) is 3.44. The largest absolute Gasteiger partial charge is 0.377 e. The zero-order chi connectivity index (χ0) is 15.3. The number of ether oxygens (including phenoxy) is 2. The van der Waals surface area contributed by atoms with Crippen LogP contribution in [0.4, 0.5) is 0 Å². The van der Waals surface area contributed by atoms with Crippen molar-refractivity contribution in [2.24, 2.45) is 10.4 Å². The lowest BCUT2D eigenvalue weighted by molar-refractivity contribution is 0.0199. The van der Waals surface area contributed by atoms with Crippen molar-refractivity contribution < 1.29 is 9.47 Å². The first-order chi connectivity index (χ1) is 10.8. The molecule has 3 aliphatic rings. The van der Waals surface area contributed by atoms with Crippen LogP contribution in [0.1, 0.15) is 45.4 Å². The minimum absolute atomic E-state index is 0.314. The Balaban J connectivity index is 1.40. The molecule has 22 heavy (non-hydrogen) atoms. The molecule has 1 saturated carbocycles. The maximum Gasteiger partial charge on any atom is 0.194 e. The summed E-state index contributed by atoms with van der Waals surface area (Å²) in [5.41, 5.74) is 0.618. The predicted octanol–water partition coefficient (Wildman–Crippen LogP) is 2.02. The van der Waals surface area contributed by atoms with E-state index in [-0.39, 0.29) is 0 Å². The number of nitrogens with one attached hydrogen (secondary N) is 1. The van der Waals surface area contributed by atoms with Gasteiger partial charge in [0.1, 0.15) is 0 Å². The van der Waals surface area contributed by atoms with Crippen LogP contribution in [0.3, 0.4) is 0 Å². The average molecular weight is 309 g/mol. The molecular formula is C17H31N3O2. The van der Waals surface area contributed by atoms with Gasteiger partial charge in [-0.15, -0.1) is 0 Å². The molecule has 0 aromatic carbocycles. The molecule has 2 saturated heterocycles. The molecule has 3 rings (SSSR count). The van der Waals surface area contributed by atoms with Gasteiger partial charge in [0.15, 0.2) is 5.96 Å². The van der Waals surface area contributed by atoms with Gasteiger partial charge in [0.25, 0.3) is 0 Å². The fourth-order valence-electron chi connectivity index (χ4n) is 3.83. The Hall–Kier alpha value is -0.810. The van der Waals surface area contributed by atoms with Crippen LogP contribution in [-0.4, -0.2) is 63.0 Å². The van der Waals surface area contributed by atoms with Crippen LogP contribution in [0.25, 0.3) is 0 Å². The van der Waals surface area contributed by atoms with Crippen molar-refractivity contribution >= 4 is 5.96 Å². The van der Waals surface area contributed by atoms with Crippen LogP contribution in [0.15, 0.2) is 4.99 Å². The van der Waals surface area contributed by atoms with E-state index in [1.54, 1.807) is 0 Å². The van der Waals surface area contributed by atoms with Gasteiger partial charge in [-0.2, -0.15) is 0 Å². The smallest absolute Gasteiger partial charge is 0.194 e. The van der Waals surface area contributed by atoms with E-state index < -0.39 is 0 Å². The molecule has 1 spiro atoms. The Labute approximate surface area is 134 Å². The van der Waals surface area contributed by atoms with E-state index in [9.17, 15) is 0 Å². The normalized spacial score (nSPS) is 27.4. The molecule has 1 atom stereocenters. The summed E-state index contributed by atoms with van der Waals surface area (Å²) in [5.74, 6) is 1.08. The first-order valence-corrected chi connectivity index (χ1v) is 9.04. The molecular weight excluding hydrogens is 278 g/mol. The molecule has 0 aromatic rings. The van der Waals surface area contributed by atoms with Crippen LogP contribution >= 0.6 is 0 Å². The van der Waals surface area contributed by atoms with Crippen molar-refractivity contribution in [2.75, 3.05) is 46.0 Å². The minimum Gasteiger partial charge on any atom is -0.377 e. The Morgan fingerprint density at radius 2 is 2.27 bits per heavy atom. The zero-order valence-corrected chi connectivity index (χ0v) is 14.0. The Morgan fingerprint density at radius 1 is 1.36 bits per heavy atom. The van der Waals surface area contributed by atoms with Gasteiger partial charge in [0.05, 0.1) is 25.9 Å². The summed E-state index contributed by atoms with van der Waals surface area (Å²) < 4.78 is 11.3. The molecule has 126 valence electrons. The number of nitrogens with zero attached hydrogens (tertiary/aromatic N) is 2. The van der Waals surface area contributed by atoms with Gasteiger partial charge < -0.3 is 19.7 Å².